The Hall–Kier alpha value is -1.42. The summed E-state index contributed by atoms with van der Waals surface area (Å²) in [6.45, 7) is 9.01. The van der Waals surface area contributed by atoms with E-state index in [1.54, 1.807) is 0 Å². The summed E-state index contributed by atoms with van der Waals surface area (Å²) in [6, 6.07) is 4.02. The van der Waals surface area contributed by atoms with Crippen LogP contribution in [0.5, 0.6) is 0 Å². The fraction of sp³-hybridized carbons (Fsp3) is 0.600. The highest BCUT2D eigenvalue weighted by Crippen LogP contribution is 2.20. The summed E-state index contributed by atoms with van der Waals surface area (Å²) in [5.41, 5.74) is 2.05. The summed E-state index contributed by atoms with van der Waals surface area (Å²) in [5, 5.41) is 0. The summed E-state index contributed by atoms with van der Waals surface area (Å²) in [6.07, 6.45) is 4.56. The van der Waals surface area contributed by atoms with Crippen LogP contribution in [0.25, 0.3) is 11.2 Å². The quantitative estimate of drug-likeness (QED) is 0.845. The van der Waals surface area contributed by atoms with Gasteiger partial charge >= 0.3 is 0 Å². The number of nitrogens with zero attached hydrogens (tertiary/aromatic N) is 4. The Labute approximate surface area is 114 Å². The van der Waals surface area contributed by atoms with E-state index < -0.39 is 0 Å². The molecule has 4 heteroatoms. The zero-order chi connectivity index (χ0) is 13.2. The van der Waals surface area contributed by atoms with E-state index in [2.05, 4.69) is 34.4 Å². The van der Waals surface area contributed by atoms with Crippen molar-refractivity contribution in [2.75, 3.05) is 19.6 Å². The van der Waals surface area contributed by atoms with Gasteiger partial charge in [-0.05, 0) is 38.1 Å². The van der Waals surface area contributed by atoms with Crippen molar-refractivity contribution in [3.05, 3.63) is 24.2 Å². The molecule has 1 aliphatic heterocycles. The molecule has 2 aromatic heterocycles. The van der Waals surface area contributed by atoms with Gasteiger partial charge in [0.05, 0.1) is 0 Å². The Morgan fingerprint density at radius 3 is 2.74 bits per heavy atom. The van der Waals surface area contributed by atoms with Crippen molar-refractivity contribution in [1.29, 1.82) is 0 Å². The molecule has 2 aromatic rings. The molecule has 1 saturated heterocycles. The zero-order valence-corrected chi connectivity index (χ0v) is 11.8. The fourth-order valence-corrected chi connectivity index (χ4v) is 2.88. The third-order valence-electron chi connectivity index (χ3n) is 3.89. The van der Waals surface area contributed by atoms with Gasteiger partial charge in [0.1, 0.15) is 11.3 Å². The van der Waals surface area contributed by atoms with Gasteiger partial charge < -0.3 is 9.47 Å². The van der Waals surface area contributed by atoms with Gasteiger partial charge in [-0.25, -0.2) is 9.97 Å². The summed E-state index contributed by atoms with van der Waals surface area (Å²) < 4.78 is 2.30. The monoisotopic (exact) mass is 258 g/mol. The predicted molar refractivity (Wildman–Crippen MR) is 77.3 cm³/mol. The molecule has 19 heavy (non-hydrogen) atoms. The molecule has 3 heterocycles. The van der Waals surface area contributed by atoms with E-state index in [-0.39, 0.29) is 0 Å². The molecule has 0 aliphatic carbocycles. The van der Waals surface area contributed by atoms with Crippen LogP contribution in [-0.2, 0) is 6.54 Å². The minimum absolute atomic E-state index is 0.438. The summed E-state index contributed by atoms with van der Waals surface area (Å²) in [5.74, 6) is 1.60. The first-order chi connectivity index (χ1) is 9.25. The Kier molecular flexibility index (Phi) is 3.51. The van der Waals surface area contributed by atoms with Crippen molar-refractivity contribution in [1.82, 2.24) is 19.4 Å². The molecule has 0 atom stereocenters. The molecule has 0 bridgehead atoms. The molecule has 0 radical (unpaired) electrons. The van der Waals surface area contributed by atoms with Gasteiger partial charge in [0, 0.05) is 25.2 Å². The maximum atomic E-state index is 4.74. The molecule has 0 spiro atoms. The molecule has 102 valence electrons. The van der Waals surface area contributed by atoms with Crippen LogP contribution in [0.1, 0.15) is 38.4 Å². The average molecular weight is 258 g/mol. The Morgan fingerprint density at radius 1 is 1.21 bits per heavy atom. The maximum absolute atomic E-state index is 4.74. The van der Waals surface area contributed by atoms with Gasteiger partial charge in [0.25, 0.3) is 0 Å². The number of aromatic nitrogens is 3. The smallest absolute Gasteiger partial charge is 0.160 e. The number of fused-ring (bicyclic) bond motifs is 1. The number of hydrogen-bond donors (Lipinski definition) is 0. The first kappa shape index (κ1) is 12.6. The lowest BCUT2D eigenvalue weighted by Crippen LogP contribution is -2.25. The second kappa shape index (κ2) is 5.29. The van der Waals surface area contributed by atoms with E-state index in [4.69, 9.17) is 4.98 Å². The SMILES string of the molecule is CC(C)c1nc2cccnc2n1CCN1CCCC1. The predicted octanol–water partition coefficient (Wildman–Crippen LogP) is 2.65. The molecule has 1 fully saturated rings. The molecule has 1 aliphatic rings. The molecule has 0 N–H and O–H groups in total. The minimum atomic E-state index is 0.438. The van der Waals surface area contributed by atoms with Gasteiger partial charge in [0.15, 0.2) is 5.65 Å². The Bertz CT molecular complexity index is 552. The number of rotatable bonds is 4. The van der Waals surface area contributed by atoms with Gasteiger partial charge in [-0.15, -0.1) is 0 Å². The lowest BCUT2D eigenvalue weighted by atomic mass is 10.2. The van der Waals surface area contributed by atoms with Gasteiger partial charge in [-0.3, -0.25) is 0 Å². The van der Waals surface area contributed by atoms with Gasteiger partial charge in [-0.1, -0.05) is 13.8 Å². The molecular formula is C15H22N4. The van der Waals surface area contributed by atoms with E-state index in [1.165, 1.54) is 25.9 Å². The molecular weight excluding hydrogens is 236 g/mol. The van der Waals surface area contributed by atoms with E-state index in [0.29, 0.717) is 5.92 Å². The van der Waals surface area contributed by atoms with Crippen molar-refractivity contribution in [2.45, 2.75) is 39.2 Å². The molecule has 3 rings (SSSR count). The maximum Gasteiger partial charge on any atom is 0.160 e. The van der Waals surface area contributed by atoms with Gasteiger partial charge in [-0.2, -0.15) is 0 Å². The van der Waals surface area contributed by atoms with E-state index in [9.17, 15) is 0 Å². The number of hydrogen-bond acceptors (Lipinski definition) is 3. The van der Waals surface area contributed by atoms with Crippen LogP contribution in [-0.4, -0.2) is 39.1 Å². The Morgan fingerprint density at radius 2 is 2.00 bits per heavy atom. The van der Waals surface area contributed by atoms with Crippen molar-refractivity contribution >= 4 is 11.2 Å². The third-order valence-corrected chi connectivity index (χ3v) is 3.89. The van der Waals surface area contributed by atoms with Crippen LogP contribution < -0.4 is 0 Å². The van der Waals surface area contributed by atoms with Crippen molar-refractivity contribution < 1.29 is 0 Å². The van der Waals surface area contributed by atoms with E-state index >= 15 is 0 Å². The van der Waals surface area contributed by atoms with Crippen LogP contribution in [0.4, 0.5) is 0 Å². The second-order valence-electron chi connectivity index (χ2n) is 5.67. The molecule has 4 nitrogen and oxygen atoms in total. The van der Waals surface area contributed by atoms with Crippen LogP contribution in [0.3, 0.4) is 0 Å². The fourth-order valence-electron chi connectivity index (χ4n) is 2.88. The van der Waals surface area contributed by atoms with Crippen molar-refractivity contribution in [2.24, 2.45) is 0 Å². The van der Waals surface area contributed by atoms with Crippen molar-refractivity contribution in [3.63, 3.8) is 0 Å². The number of likely N-dealkylation sites (tertiary alicyclic amines) is 1. The van der Waals surface area contributed by atoms with Gasteiger partial charge in [0.2, 0.25) is 0 Å². The minimum Gasteiger partial charge on any atom is -0.311 e. The van der Waals surface area contributed by atoms with Crippen LogP contribution in [0, 0.1) is 0 Å². The molecule has 0 unspecified atom stereocenters. The zero-order valence-electron chi connectivity index (χ0n) is 11.8. The average Bonchev–Trinajstić information content (AvgIpc) is 3.03. The summed E-state index contributed by atoms with van der Waals surface area (Å²) in [7, 11) is 0. The largest absolute Gasteiger partial charge is 0.311 e. The molecule has 0 amide bonds. The van der Waals surface area contributed by atoms with Crippen molar-refractivity contribution in [3.8, 4) is 0 Å². The highest BCUT2D eigenvalue weighted by atomic mass is 15.2. The first-order valence-electron chi connectivity index (χ1n) is 7.29. The molecule has 0 saturated carbocycles. The van der Waals surface area contributed by atoms with Crippen LogP contribution in [0.15, 0.2) is 18.3 Å². The summed E-state index contributed by atoms with van der Waals surface area (Å²) >= 11 is 0. The standard InChI is InChI=1S/C15H22N4/c1-12(2)14-17-13-6-5-7-16-15(13)19(14)11-10-18-8-3-4-9-18/h5-7,12H,3-4,8-11H2,1-2H3. The van der Waals surface area contributed by atoms with E-state index in [0.717, 1.165) is 30.1 Å². The third kappa shape index (κ3) is 2.50. The lowest BCUT2D eigenvalue weighted by molar-refractivity contribution is 0.321. The summed E-state index contributed by atoms with van der Waals surface area (Å²) in [4.78, 5) is 11.8. The highest BCUT2D eigenvalue weighted by Gasteiger charge is 2.16. The number of imidazole rings is 1. The second-order valence-corrected chi connectivity index (χ2v) is 5.67. The normalized spacial score (nSPS) is 16.8. The van der Waals surface area contributed by atoms with Crippen LogP contribution in [0.2, 0.25) is 0 Å². The topological polar surface area (TPSA) is 34.0 Å². The highest BCUT2D eigenvalue weighted by molar-refractivity contribution is 5.71. The first-order valence-corrected chi connectivity index (χ1v) is 7.29. The van der Waals surface area contributed by atoms with Crippen LogP contribution >= 0.6 is 0 Å². The van der Waals surface area contributed by atoms with E-state index in [1.807, 2.05) is 12.3 Å². The molecule has 0 aromatic carbocycles. The Balaban J connectivity index is 1.88. The number of pyridine rings is 1. The lowest BCUT2D eigenvalue weighted by Gasteiger charge is -2.17.